The van der Waals surface area contributed by atoms with Gasteiger partial charge in [0.15, 0.2) is 5.82 Å². The Hall–Kier alpha value is -1.44. The molecule has 1 saturated heterocycles. The van der Waals surface area contributed by atoms with Gasteiger partial charge < -0.3 is 21.5 Å². The summed E-state index contributed by atoms with van der Waals surface area (Å²) in [5.41, 5.74) is 14.8. The lowest BCUT2D eigenvalue weighted by Crippen LogP contribution is -2.52. The zero-order valence-corrected chi connectivity index (χ0v) is 17.8. The molecule has 0 amide bonds. The van der Waals surface area contributed by atoms with Crippen LogP contribution < -0.4 is 16.4 Å². The number of halogens is 2. The second kappa shape index (κ2) is 8.51. The molecule has 2 heterocycles. The number of aliphatic hydroxyl groups excluding tert-OH is 1. The van der Waals surface area contributed by atoms with Crippen LogP contribution in [0, 0.1) is 12.3 Å². The highest BCUT2D eigenvalue weighted by Crippen LogP contribution is 2.37. The van der Waals surface area contributed by atoms with Crippen LogP contribution in [0.4, 0.5) is 5.82 Å². The molecule has 1 atom stereocenters. The molecule has 1 unspecified atom stereocenters. The molecule has 1 aliphatic heterocycles. The number of aliphatic hydroxyl groups is 1. The van der Waals surface area contributed by atoms with E-state index in [4.69, 9.17) is 39.7 Å². The van der Waals surface area contributed by atoms with Gasteiger partial charge in [0.05, 0.1) is 28.0 Å². The average molecular weight is 424 g/mol. The fourth-order valence-electron chi connectivity index (χ4n) is 3.85. The van der Waals surface area contributed by atoms with Gasteiger partial charge in [0.2, 0.25) is 0 Å². The molecule has 1 aromatic carbocycles. The monoisotopic (exact) mass is 423 g/mol. The maximum Gasteiger partial charge on any atom is 0.153 e. The molecule has 3 rings (SSSR count). The largest absolute Gasteiger partial charge is 0.390 e. The lowest BCUT2D eigenvalue weighted by atomic mass is 9.73. The van der Waals surface area contributed by atoms with Gasteiger partial charge >= 0.3 is 0 Å². The molecule has 152 valence electrons. The number of nitrogens with two attached hydrogens (primary N) is 2. The van der Waals surface area contributed by atoms with Crippen molar-refractivity contribution in [2.45, 2.75) is 39.3 Å². The van der Waals surface area contributed by atoms with Crippen LogP contribution in [0.2, 0.25) is 10.0 Å². The number of hydrogen-bond acceptors (Lipinski definition) is 6. The number of piperidine rings is 1. The van der Waals surface area contributed by atoms with Gasteiger partial charge in [-0.1, -0.05) is 35.3 Å². The van der Waals surface area contributed by atoms with Crippen LogP contribution in [0.25, 0.3) is 11.3 Å². The van der Waals surface area contributed by atoms with Crippen LogP contribution in [-0.2, 0) is 6.61 Å². The van der Waals surface area contributed by atoms with Gasteiger partial charge in [-0.05, 0) is 39.3 Å². The van der Waals surface area contributed by atoms with Crippen LogP contribution in [0.3, 0.4) is 0 Å². The third-order valence-corrected chi connectivity index (χ3v) is 6.73. The van der Waals surface area contributed by atoms with Crippen molar-refractivity contribution in [2.75, 3.05) is 24.5 Å². The summed E-state index contributed by atoms with van der Waals surface area (Å²) in [5.74, 6) is 0.706. The molecule has 0 bridgehead atoms. The molecule has 2 aromatic rings. The van der Waals surface area contributed by atoms with E-state index in [2.05, 4.69) is 9.88 Å². The SMILES string of the molecule is Cc1nc(N2CCC(CN)(C(C)N)CC2)c(CO)nc1-c1cccc(Cl)c1Cl. The lowest BCUT2D eigenvalue weighted by molar-refractivity contribution is 0.187. The molecule has 1 aliphatic rings. The Kier molecular flexibility index (Phi) is 6.47. The summed E-state index contributed by atoms with van der Waals surface area (Å²) in [6, 6.07) is 5.44. The Morgan fingerprint density at radius 2 is 1.93 bits per heavy atom. The average Bonchev–Trinajstić information content (AvgIpc) is 2.70. The van der Waals surface area contributed by atoms with Gasteiger partial charge in [0.25, 0.3) is 0 Å². The van der Waals surface area contributed by atoms with Crippen LogP contribution in [0.1, 0.15) is 31.2 Å². The molecule has 0 radical (unpaired) electrons. The zero-order valence-electron chi connectivity index (χ0n) is 16.3. The number of aryl methyl sites for hydroxylation is 1. The quantitative estimate of drug-likeness (QED) is 0.682. The van der Waals surface area contributed by atoms with Crippen molar-refractivity contribution < 1.29 is 5.11 Å². The number of aromatic nitrogens is 2. The second-order valence-corrected chi connectivity index (χ2v) is 8.31. The lowest BCUT2D eigenvalue weighted by Gasteiger charge is -2.44. The minimum Gasteiger partial charge on any atom is -0.390 e. The highest BCUT2D eigenvalue weighted by Gasteiger charge is 2.37. The van der Waals surface area contributed by atoms with Crippen molar-refractivity contribution in [1.82, 2.24) is 9.97 Å². The fourth-order valence-corrected chi connectivity index (χ4v) is 4.24. The predicted molar refractivity (Wildman–Crippen MR) is 115 cm³/mol. The summed E-state index contributed by atoms with van der Waals surface area (Å²) in [6.45, 7) is 5.83. The molecule has 0 spiro atoms. The number of rotatable bonds is 5. The number of anilines is 1. The summed E-state index contributed by atoms with van der Waals surface area (Å²) in [7, 11) is 0. The molecular weight excluding hydrogens is 397 g/mol. The summed E-state index contributed by atoms with van der Waals surface area (Å²) in [6.07, 6.45) is 1.77. The third kappa shape index (κ3) is 3.84. The Bertz CT molecular complexity index is 851. The van der Waals surface area contributed by atoms with Crippen molar-refractivity contribution in [1.29, 1.82) is 0 Å². The van der Waals surface area contributed by atoms with E-state index in [0.717, 1.165) is 31.6 Å². The van der Waals surface area contributed by atoms with Crippen molar-refractivity contribution in [3.05, 3.63) is 39.6 Å². The molecule has 1 aromatic heterocycles. The van der Waals surface area contributed by atoms with Crippen molar-refractivity contribution in [2.24, 2.45) is 16.9 Å². The highest BCUT2D eigenvalue weighted by molar-refractivity contribution is 6.43. The van der Waals surface area contributed by atoms with Crippen LogP contribution in [0.5, 0.6) is 0 Å². The predicted octanol–water partition coefficient (Wildman–Crippen LogP) is 3.14. The Balaban J connectivity index is 1.94. The van der Waals surface area contributed by atoms with E-state index in [1.807, 2.05) is 26.0 Å². The summed E-state index contributed by atoms with van der Waals surface area (Å²) in [5, 5.41) is 10.8. The number of benzene rings is 1. The van der Waals surface area contributed by atoms with E-state index in [-0.39, 0.29) is 18.1 Å². The smallest absolute Gasteiger partial charge is 0.153 e. The van der Waals surface area contributed by atoms with E-state index in [0.29, 0.717) is 39.4 Å². The highest BCUT2D eigenvalue weighted by atomic mass is 35.5. The molecular formula is C20H27Cl2N5O. The van der Waals surface area contributed by atoms with Crippen molar-refractivity contribution in [3.63, 3.8) is 0 Å². The first-order chi connectivity index (χ1) is 13.3. The molecule has 8 heteroatoms. The van der Waals surface area contributed by atoms with Crippen LogP contribution in [0.15, 0.2) is 18.2 Å². The molecule has 1 fully saturated rings. The van der Waals surface area contributed by atoms with Gasteiger partial charge in [-0.15, -0.1) is 0 Å². The number of nitrogens with zero attached hydrogens (tertiary/aromatic N) is 3. The minimum atomic E-state index is -0.209. The summed E-state index contributed by atoms with van der Waals surface area (Å²) in [4.78, 5) is 11.6. The van der Waals surface area contributed by atoms with E-state index < -0.39 is 0 Å². The molecule has 28 heavy (non-hydrogen) atoms. The first-order valence-electron chi connectivity index (χ1n) is 9.46. The Labute approximate surface area is 175 Å². The van der Waals surface area contributed by atoms with Crippen LogP contribution >= 0.6 is 23.2 Å². The third-order valence-electron chi connectivity index (χ3n) is 5.91. The van der Waals surface area contributed by atoms with Crippen molar-refractivity contribution >= 4 is 29.0 Å². The van der Waals surface area contributed by atoms with Gasteiger partial charge in [0, 0.05) is 30.1 Å². The first kappa shape index (κ1) is 21.3. The molecule has 5 N–H and O–H groups in total. The van der Waals surface area contributed by atoms with Gasteiger partial charge in [-0.25, -0.2) is 9.97 Å². The first-order valence-corrected chi connectivity index (χ1v) is 10.2. The Morgan fingerprint density at radius 1 is 1.25 bits per heavy atom. The summed E-state index contributed by atoms with van der Waals surface area (Å²) >= 11 is 12.5. The zero-order chi connectivity index (χ0) is 20.5. The molecule has 0 aliphatic carbocycles. The van der Waals surface area contributed by atoms with Gasteiger partial charge in [-0.2, -0.15) is 0 Å². The number of hydrogen-bond donors (Lipinski definition) is 3. The van der Waals surface area contributed by atoms with E-state index >= 15 is 0 Å². The maximum atomic E-state index is 9.94. The second-order valence-electron chi connectivity index (χ2n) is 7.53. The van der Waals surface area contributed by atoms with Crippen molar-refractivity contribution in [3.8, 4) is 11.3 Å². The van der Waals surface area contributed by atoms with Crippen LogP contribution in [-0.4, -0.2) is 40.8 Å². The summed E-state index contributed by atoms with van der Waals surface area (Å²) < 4.78 is 0. The van der Waals surface area contributed by atoms with Gasteiger partial charge in [-0.3, -0.25) is 0 Å². The van der Waals surface area contributed by atoms with E-state index in [9.17, 15) is 5.11 Å². The van der Waals surface area contributed by atoms with E-state index in [1.165, 1.54) is 0 Å². The standard InChI is InChI=1S/C20H27Cl2N5O/c1-12-18(14-4-3-5-15(21)17(14)22)26-16(10-28)19(25-12)27-8-6-20(11-23,7-9-27)13(2)24/h3-5,13,28H,6-11,23-24H2,1-2H3. The molecule has 0 saturated carbocycles. The minimum absolute atomic E-state index is 0.0390. The fraction of sp³-hybridized carbons (Fsp3) is 0.500. The maximum absolute atomic E-state index is 9.94. The Morgan fingerprint density at radius 3 is 2.50 bits per heavy atom. The van der Waals surface area contributed by atoms with E-state index in [1.54, 1.807) is 6.07 Å². The van der Waals surface area contributed by atoms with Gasteiger partial charge in [0.1, 0.15) is 5.69 Å². The molecule has 6 nitrogen and oxygen atoms in total. The topological polar surface area (TPSA) is 101 Å². The normalized spacial score (nSPS) is 17.6.